The molecule has 0 atom stereocenters. The molecule has 0 unspecified atom stereocenters. The topological polar surface area (TPSA) is 69.7 Å². The van der Waals surface area contributed by atoms with E-state index in [0.717, 1.165) is 23.1 Å². The van der Waals surface area contributed by atoms with E-state index in [4.69, 9.17) is 0 Å². The maximum atomic E-state index is 12.3. The first-order valence-electron chi connectivity index (χ1n) is 8.23. The smallest absolute Gasteiger partial charge is 0.239 e. The fourth-order valence-corrected chi connectivity index (χ4v) is 3.13. The number of nitrogens with one attached hydrogen (secondary N) is 1. The molecular formula is C19H25N3O3S. The van der Waals surface area contributed by atoms with E-state index in [-0.39, 0.29) is 19.0 Å². The van der Waals surface area contributed by atoms with Crippen LogP contribution in [0.1, 0.15) is 11.1 Å². The van der Waals surface area contributed by atoms with E-state index in [1.54, 1.807) is 12.1 Å². The van der Waals surface area contributed by atoms with Gasteiger partial charge in [-0.15, -0.1) is 0 Å². The van der Waals surface area contributed by atoms with Gasteiger partial charge in [0.05, 0.1) is 12.8 Å². The Morgan fingerprint density at radius 2 is 1.58 bits per heavy atom. The average molecular weight is 375 g/mol. The normalized spacial score (nSPS) is 11.4. The molecule has 0 spiro atoms. The van der Waals surface area contributed by atoms with Crippen LogP contribution in [-0.2, 0) is 21.4 Å². The van der Waals surface area contributed by atoms with Gasteiger partial charge in [-0.25, -0.2) is 8.42 Å². The van der Waals surface area contributed by atoms with Crippen molar-refractivity contribution in [3.63, 3.8) is 0 Å². The molecule has 0 bridgehead atoms. The summed E-state index contributed by atoms with van der Waals surface area (Å²) in [7, 11) is 0.354. The minimum atomic E-state index is -3.51. The predicted octanol–water partition coefficient (Wildman–Crippen LogP) is 2.46. The van der Waals surface area contributed by atoms with Crippen molar-refractivity contribution in [2.45, 2.75) is 13.5 Å². The summed E-state index contributed by atoms with van der Waals surface area (Å²) in [6.07, 6.45) is 1.11. The number of hydrogen-bond acceptors (Lipinski definition) is 4. The van der Waals surface area contributed by atoms with Crippen molar-refractivity contribution in [1.29, 1.82) is 0 Å². The van der Waals surface area contributed by atoms with Gasteiger partial charge < -0.3 is 10.2 Å². The van der Waals surface area contributed by atoms with Crippen LogP contribution < -0.4 is 10.2 Å². The highest BCUT2D eigenvalue weighted by atomic mass is 32.2. The number of anilines is 2. The van der Waals surface area contributed by atoms with E-state index in [1.165, 1.54) is 4.31 Å². The maximum absolute atomic E-state index is 12.3. The summed E-state index contributed by atoms with van der Waals surface area (Å²) in [4.78, 5) is 14.3. The van der Waals surface area contributed by atoms with Gasteiger partial charge in [0.25, 0.3) is 0 Å². The fourth-order valence-electron chi connectivity index (χ4n) is 2.39. The lowest BCUT2D eigenvalue weighted by atomic mass is 10.1. The molecule has 6 nitrogen and oxygen atoms in total. The molecule has 26 heavy (non-hydrogen) atoms. The summed E-state index contributed by atoms with van der Waals surface area (Å²) in [5.74, 6) is -0.375. The Hall–Kier alpha value is -2.38. The summed E-state index contributed by atoms with van der Waals surface area (Å²) in [5.41, 5.74) is 3.58. The van der Waals surface area contributed by atoms with Crippen molar-refractivity contribution in [1.82, 2.24) is 4.31 Å². The van der Waals surface area contributed by atoms with Crippen LogP contribution in [0.25, 0.3) is 0 Å². The maximum Gasteiger partial charge on any atom is 0.239 e. The minimum Gasteiger partial charge on any atom is -0.378 e. The number of aryl methyl sites for hydroxylation is 1. The number of nitrogens with zero attached hydrogens (tertiary/aromatic N) is 2. The van der Waals surface area contributed by atoms with Gasteiger partial charge in [0.15, 0.2) is 0 Å². The monoisotopic (exact) mass is 375 g/mol. The van der Waals surface area contributed by atoms with Gasteiger partial charge >= 0.3 is 0 Å². The summed E-state index contributed by atoms with van der Waals surface area (Å²) in [6.45, 7) is 1.89. The molecule has 7 heteroatoms. The van der Waals surface area contributed by atoms with Crippen molar-refractivity contribution in [2.24, 2.45) is 0 Å². The Balaban J connectivity index is 2.05. The number of benzene rings is 2. The molecular weight excluding hydrogens is 350 g/mol. The number of rotatable bonds is 7. The molecule has 0 aromatic heterocycles. The third-order valence-electron chi connectivity index (χ3n) is 3.94. The summed E-state index contributed by atoms with van der Waals surface area (Å²) >= 11 is 0. The van der Waals surface area contributed by atoms with Crippen LogP contribution in [0.3, 0.4) is 0 Å². The van der Waals surface area contributed by atoms with Crippen LogP contribution in [-0.4, -0.2) is 45.5 Å². The molecule has 0 fully saturated rings. The lowest BCUT2D eigenvalue weighted by Crippen LogP contribution is -2.36. The van der Waals surface area contributed by atoms with Gasteiger partial charge in [-0.05, 0) is 36.8 Å². The van der Waals surface area contributed by atoms with Crippen molar-refractivity contribution in [3.8, 4) is 0 Å². The first-order chi connectivity index (χ1) is 12.1. The van der Waals surface area contributed by atoms with Gasteiger partial charge in [-0.1, -0.05) is 29.8 Å². The fraction of sp³-hybridized carbons (Fsp3) is 0.316. The zero-order valence-corrected chi connectivity index (χ0v) is 16.4. The zero-order valence-electron chi connectivity index (χ0n) is 15.6. The van der Waals surface area contributed by atoms with Gasteiger partial charge in [-0.2, -0.15) is 4.31 Å². The molecule has 2 aromatic rings. The van der Waals surface area contributed by atoms with Crippen LogP contribution in [0.5, 0.6) is 0 Å². The SMILES string of the molecule is Cc1ccc(CN(CC(=O)Nc2ccc(N(C)C)cc2)S(C)(=O)=O)cc1. The van der Waals surface area contributed by atoms with E-state index in [1.807, 2.05) is 62.3 Å². The van der Waals surface area contributed by atoms with E-state index in [9.17, 15) is 13.2 Å². The lowest BCUT2D eigenvalue weighted by Gasteiger charge is -2.20. The molecule has 0 aliphatic carbocycles. The van der Waals surface area contributed by atoms with Gasteiger partial charge in [0, 0.05) is 32.0 Å². The molecule has 0 saturated carbocycles. The number of carbonyl (C=O) groups is 1. The molecule has 0 heterocycles. The Bertz CT molecular complexity index is 845. The average Bonchev–Trinajstić information content (AvgIpc) is 2.56. The van der Waals surface area contributed by atoms with Crippen LogP contribution in [0.15, 0.2) is 48.5 Å². The second kappa shape index (κ2) is 8.33. The van der Waals surface area contributed by atoms with Gasteiger partial charge in [-0.3, -0.25) is 4.79 Å². The van der Waals surface area contributed by atoms with E-state index >= 15 is 0 Å². The van der Waals surface area contributed by atoms with Crippen molar-refractivity contribution in [2.75, 3.05) is 37.1 Å². The molecule has 1 N–H and O–H groups in total. The second-order valence-electron chi connectivity index (χ2n) is 6.51. The number of hydrogen-bond donors (Lipinski definition) is 1. The molecule has 0 radical (unpaired) electrons. The molecule has 2 rings (SSSR count). The standard InChI is InChI=1S/C19H25N3O3S/c1-15-5-7-16(8-6-15)13-22(26(4,24)25)14-19(23)20-17-9-11-18(12-10-17)21(2)3/h5-12H,13-14H2,1-4H3,(H,20,23). The Kier molecular flexibility index (Phi) is 6.39. The van der Waals surface area contributed by atoms with Crippen molar-refractivity contribution in [3.05, 3.63) is 59.7 Å². The highest BCUT2D eigenvalue weighted by molar-refractivity contribution is 7.88. The third-order valence-corrected chi connectivity index (χ3v) is 5.13. The van der Waals surface area contributed by atoms with Gasteiger partial charge in [0.2, 0.25) is 15.9 Å². The second-order valence-corrected chi connectivity index (χ2v) is 8.49. The largest absolute Gasteiger partial charge is 0.378 e. The molecule has 0 aliphatic rings. The van der Waals surface area contributed by atoms with Crippen LogP contribution >= 0.6 is 0 Å². The summed E-state index contributed by atoms with van der Waals surface area (Å²) < 4.78 is 25.3. The van der Waals surface area contributed by atoms with Gasteiger partial charge in [0.1, 0.15) is 0 Å². The molecule has 0 aliphatic heterocycles. The van der Waals surface area contributed by atoms with E-state index in [2.05, 4.69) is 5.32 Å². The van der Waals surface area contributed by atoms with E-state index in [0.29, 0.717) is 5.69 Å². The van der Waals surface area contributed by atoms with Crippen LogP contribution in [0.4, 0.5) is 11.4 Å². The lowest BCUT2D eigenvalue weighted by molar-refractivity contribution is -0.116. The van der Waals surface area contributed by atoms with Crippen molar-refractivity contribution < 1.29 is 13.2 Å². The van der Waals surface area contributed by atoms with Crippen LogP contribution in [0.2, 0.25) is 0 Å². The highest BCUT2D eigenvalue weighted by Crippen LogP contribution is 2.16. The van der Waals surface area contributed by atoms with E-state index < -0.39 is 10.0 Å². The van der Waals surface area contributed by atoms with Crippen LogP contribution in [0, 0.1) is 6.92 Å². The number of carbonyl (C=O) groups excluding carboxylic acids is 1. The number of sulfonamides is 1. The minimum absolute atomic E-state index is 0.159. The zero-order chi connectivity index (χ0) is 19.3. The molecule has 1 amide bonds. The van der Waals surface area contributed by atoms with Crippen molar-refractivity contribution >= 4 is 27.3 Å². The first-order valence-corrected chi connectivity index (χ1v) is 10.1. The molecule has 140 valence electrons. The quantitative estimate of drug-likeness (QED) is 0.807. The third kappa shape index (κ3) is 5.86. The summed E-state index contributed by atoms with van der Waals surface area (Å²) in [5, 5.41) is 2.74. The Morgan fingerprint density at radius 3 is 2.08 bits per heavy atom. The molecule has 2 aromatic carbocycles. The highest BCUT2D eigenvalue weighted by Gasteiger charge is 2.20. The molecule has 0 saturated heterocycles. The first kappa shape index (κ1) is 19.9. The summed E-state index contributed by atoms with van der Waals surface area (Å²) in [6, 6.07) is 14.9. The Morgan fingerprint density at radius 1 is 1.00 bits per heavy atom. The Labute approximate surface area is 155 Å². The number of amides is 1. The predicted molar refractivity (Wildman–Crippen MR) is 106 cm³/mol.